The first-order valence-corrected chi connectivity index (χ1v) is 6.59. The molecule has 2 aliphatic rings. The molecule has 20 heavy (non-hydrogen) atoms. The SMILES string of the molecule is COC(=O)C1=[N+](C)OC2c3cccc4cccc(c34)C12. The molecule has 0 radical (unpaired) electrons. The van der Waals surface area contributed by atoms with Crippen LogP contribution in [0.5, 0.6) is 0 Å². The van der Waals surface area contributed by atoms with E-state index in [-0.39, 0.29) is 18.0 Å². The quantitative estimate of drug-likeness (QED) is 0.588. The van der Waals surface area contributed by atoms with Gasteiger partial charge >= 0.3 is 11.7 Å². The Balaban J connectivity index is 1.99. The number of fused-ring (bicyclic) bond motifs is 3. The number of hydrogen-bond donors (Lipinski definition) is 0. The molecule has 0 saturated carbocycles. The summed E-state index contributed by atoms with van der Waals surface area (Å²) in [5.41, 5.74) is 2.86. The maximum absolute atomic E-state index is 12.1. The fraction of sp³-hybridized carbons (Fsp3) is 0.250. The van der Waals surface area contributed by atoms with Crippen molar-refractivity contribution in [1.82, 2.24) is 0 Å². The molecule has 0 saturated heterocycles. The molecule has 4 rings (SSSR count). The van der Waals surface area contributed by atoms with Crippen molar-refractivity contribution in [1.29, 1.82) is 0 Å². The Bertz CT molecular complexity index is 773. The van der Waals surface area contributed by atoms with E-state index in [9.17, 15) is 4.79 Å². The molecule has 4 heteroatoms. The van der Waals surface area contributed by atoms with Gasteiger partial charge in [-0.3, -0.25) is 4.84 Å². The largest absolute Gasteiger partial charge is 0.461 e. The van der Waals surface area contributed by atoms with Crippen LogP contribution in [0.1, 0.15) is 23.1 Å². The van der Waals surface area contributed by atoms with Crippen molar-refractivity contribution in [2.75, 3.05) is 14.2 Å². The lowest BCUT2D eigenvalue weighted by atomic mass is 9.93. The van der Waals surface area contributed by atoms with E-state index in [1.54, 1.807) is 11.8 Å². The van der Waals surface area contributed by atoms with Crippen LogP contribution in [0.3, 0.4) is 0 Å². The molecule has 2 aromatic rings. The van der Waals surface area contributed by atoms with Gasteiger partial charge in [-0.05, 0) is 21.1 Å². The van der Waals surface area contributed by atoms with E-state index < -0.39 is 0 Å². The summed E-state index contributed by atoms with van der Waals surface area (Å²) in [5.74, 6) is -0.404. The first kappa shape index (κ1) is 11.5. The predicted octanol–water partition coefficient (Wildman–Crippen LogP) is 2.18. The fourth-order valence-corrected chi connectivity index (χ4v) is 3.43. The van der Waals surface area contributed by atoms with E-state index in [1.807, 2.05) is 12.1 Å². The third kappa shape index (κ3) is 1.26. The summed E-state index contributed by atoms with van der Waals surface area (Å²) in [6.07, 6.45) is -0.129. The van der Waals surface area contributed by atoms with Gasteiger partial charge in [0.1, 0.15) is 5.92 Å². The summed E-state index contributed by atoms with van der Waals surface area (Å²) in [5, 5.41) is 2.39. The van der Waals surface area contributed by atoms with Gasteiger partial charge in [0.25, 0.3) is 0 Å². The number of esters is 1. The second kappa shape index (κ2) is 3.82. The molecular weight excluding hydrogens is 254 g/mol. The summed E-state index contributed by atoms with van der Waals surface area (Å²) < 4.78 is 6.46. The van der Waals surface area contributed by atoms with Crippen molar-refractivity contribution in [2.45, 2.75) is 12.0 Å². The van der Waals surface area contributed by atoms with Gasteiger partial charge < -0.3 is 4.74 Å². The van der Waals surface area contributed by atoms with Crippen LogP contribution in [0.15, 0.2) is 36.4 Å². The molecule has 4 nitrogen and oxygen atoms in total. The number of methoxy groups -OCH3 is 1. The molecule has 0 N–H and O–H groups in total. The van der Waals surface area contributed by atoms with Gasteiger partial charge in [-0.15, -0.1) is 0 Å². The summed E-state index contributed by atoms with van der Waals surface area (Å²) in [6, 6.07) is 12.4. The minimum atomic E-state index is -0.329. The van der Waals surface area contributed by atoms with E-state index in [1.165, 1.54) is 17.9 Å². The lowest BCUT2D eigenvalue weighted by Gasteiger charge is -2.05. The van der Waals surface area contributed by atoms with Crippen LogP contribution in [0, 0.1) is 0 Å². The van der Waals surface area contributed by atoms with Crippen molar-refractivity contribution >= 4 is 22.5 Å². The van der Waals surface area contributed by atoms with Crippen molar-refractivity contribution in [2.24, 2.45) is 0 Å². The average molecular weight is 268 g/mol. The third-order valence-electron chi connectivity index (χ3n) is 4.21. The molecule has 2 atom stereocenters. The number of hydrogen-bond acceptors (Lipinski definition) is 3. The van der Waals surface area contributed by atoms with Crippen molar-refractivity contribution in [3.05, 3.63) is 47.5 Å². The third-order valence-corrected chi connectivity index (χ3v) is 4.21. The smallest absolute Gasteiger partial charge is 0.403 e. The van der Waals surface area contributed by atoms with Crippen molar-refractivity contribution in [3.63, 3.8) is 0 Å². The van der Waals surface area contributed by atoms with Crippen LogP contribution >= 0.6 is 0 Å². The highest BCUT2D eigenvalue weighted by molar-refractivity contribution is 6.37. The molecule has 100 valence electrons. The molecule has 1 heterocycles. The molecule has 0 bridgehead atoms. The number of benzene rings is 2. The zero-order valence-electron chi connectivity index (χ0n) is 11.3. The highest BCUT2D eigenvalue weighted by Gasteiger charge is 2.54. The van der Waals surface area contributed by atoms with Gasteiger partial charge in [-0.25, -0.2) is 4.79 Å². The van der Waals surface area contributed by atoms with Gasteiger partial charge in [0.2, 0.25) is 6.10 Å². The maximum Gasteiger partial charge on any atom is 0.403 e. The van der Waals surface area contributed by atoms with Crippen LogP contribution in [-0.2, 0) is 14.4 Å². The lowest BCUT2D eigenvalue weighted by Crippen LogP contribution is -2.26. The number of carbonyl (C=O) groups excluding carboxylic acids is 1. The van der Waals surface area contributed by atoms with E-state index >= 15 is 0 Å². The van der Waals surface area contributed by atoms with Gasteiger partial charge in [0.15, 0.2) is 7.05 Å². The highest BCUT2D eigenvalue weighted by atomic mass is 16.7. The maximum atomic E-state index is 12.1. The van der Waals surface area contributed by atoms with Crippen molar-refractivity contribution in [3.8, 4) is 0 Å². The Morgan fingerprint density at radius 3 is 2.60 bits per heavy atom. The van der Waals surface area contributed by atoms with Gasteiger partial charge in [0.05, 0.1) is 7.11 Å². The Hall–Kier alpha value is -2.36. The van der Waals surface area contributed by atoms with Crippen LogP contribution in [-0.4, -0.2) is 30.6 Å². The molecule has 2 aromatic carbocycles. The van der Waals surface area contributed by atoms with Gasteiger partial charge in [-0.2, -0.15) is 0 Å². The minimum absolute atomic E-state index is 0.0754. The summed E-state index contributed by atoms with van der Waals surface area (Å²) in [4.78, 5) is 17.9. The molecular formula is C16H14NO3+. The van der Waals surface area contributed by atoms with Crippen LogP contribution in [0.2, 0.25) is 0 Å². The van der Waals surface area contributed by atoms with Crippen LogP contribution in [0.4, 0.5) is 0 Å². The number of nitrogens with zero attached hydrogens (tertiary/aromatic N) is 1. The summed E-state index contributed by atoms with van der Waals surface area (Å²) in [6.45, 7) is 0. The second-order valence-electron chi connectivity index (χ2n) is 5.17. The average Bonchev–Trinajstić information content (AvgIpc) is 2.96. The van der Waals surface area contributed by atoms with E-state index in [4.69, 9.17) is 9.57 Å². The van der Waals surface area contributed by atoms with Gasteiger partial charge in [0, 0.05) is 5.56 Å². The highest BCUT2D eigenvalue weighted by Crippen LogP contribution is 2.50. The first-order chi connectivity index (χ1) is 9.72. The van der Waals surface area contributed by atoms with E-state index in [0.717, 1.165) is 11.1 Å². The molecule has 1 aliphatic carbocycles. The minimum Gasteiger partial charge on any atom is -0.461 e. The summed E-state index contributed by atoms with van der Waals surface area (Å²) in [7, 11) is 3.16. The molecule has 2 unspecified atom stereocenters. The lowest BCUT2D eigenvalue weighted by molar-refractivity contribution is -0.769. The Kier molecular flexibility index (Phi) is 2.19. The van der Waals surface area contributed by atoms with Crippen LogP contribution in [0.25, 0.3) is 10.8 Å². The molecule has 0 spiro atoms. The summed E-state index contributed by atoms with van der Waals surface area (Å²) >= 11 is 0. The van der Waals surface area contributed by atoms with Crippen molar-refractivity contribution < 1.29 is 19.1 Å². The Labute approximate surface area is 116 Å². The van der Waals surface area contributed by atoms with Gasteiger partial charge in [-0.1, -0.05) is 36.4 Å². The topological polar surface area (TPSA) is 38.5 Å². The molecule has 0 aromatic heterocycles. The Morgan fingerprint density at radius 2 is 1.90 bits per heavy atom. The number of hydroxylamine groups is 1. The number of ether oxygens (including phenoxy) is 1. The number of rotatable bonds is 1. The standard InChI is InChI=1S/C16H14NO3/c1-17-14(16(18)19-2)13-10-7-3-5-9-6-4-8-11(12(9)10)15(13)20-17/h3-8,13,15H,1-2H3/q+1. The van der Waals surface area contributed by atoms with E-state index in [0.29, 0.717) is 5.71 Å². The normalized spacial score (nSPS) is 22.9. The predicted molar refractivity (Wildman–Crippen MR) is 73.7 cm³/mol. The zero-order chi connectivity index (χ0) is 13.9. The molecule has 0 amide bonds. The first-order valence-electron chi connectivity index (χ1n) is 6.59. The second-order valence-corrected chi connectivity index (χ2v) is 5.17. The van der Waals surface area contributed by atoms with Crippen LogP contribution < -0.4 is 0 Å². The fourth-order valence-electron chi connectivity index (χ4n) is 3.43. The monoisotopic (exact) mass is 268 g/mol. The Morgan fingerprint density at radius 1 is 1.20 bits per heavy atom. The zero-order valence-corrected chi connectivity index (χ0v) is 11.3. The van der Waals surface area contributed by atoms with E-state index in [2.05, 4.69) is 24.3 Å². The number of carbonyl (C=O) groups is 1. The molecule has 0 fully saturated rings. The molecule has 1 aliphatic heterocycles.